The van der Waals surface area contributed by atoms with E-state index in [2.05, 4.69) is 11.1 Å². The number of furan rings is 1. The molecule has 0 aliphatic rings. The van der Waals surface area contributed by atoms with Gasteiger partial charge in [0, 0.05) is 35.5 Å². The largest absolute Gasteiger partial charge is 0.455 e. The van der Waals surface area contributed by atoms with Crippen LogP contribution in [0.5, 0.6) is 0 Å². The molecule has 3 aromatic heterocycles. The van der Waals surface area contributed by atoms with E-state index in [9.17, 15) is 0 Å². The predicted molar refractivity (Wildman–Crippen MR) is 102 cm³/mol. The van der Waals surface area contributed by atoms with Crippen molar-refractivity contribution in [2.75, 3.05) is 0 Å². The summed E-state index contributed by atoms with van der Waals surface area (Å²) in [6, 6.07) is 13.1. The molecule has 2 nitrogen and oxygen atoms in total. The normalized spacial score (nSPS) is 16.5. The van der Waals surface area contributed by atoms with Crippen molar-refractivity contribution >= 4 is 43.4 Å². The number of aromatic nitrogens is 1. The van der Waals surface area contributed by atoms with E-state index in [1.54, 1.807) is 17.4 Å². The molecule has 0 spiro atoms. The van der Waals surface area contributed by atoms with Crippen LogP contribution in [0.3, 0.4) is 0 Å². The van der Waals surface area contributed by atoms with Crippen LogP contribution in [0.2, 0.25) is 0 Å². The summed E-state index contributed by atoms with van der Waals surface area (Å²) in [6.45, 7) is -5.14. The molecule has 5 aromatic rings. The Labute approximate surface area is 151 Å². The number of benzene rings is 2. The Morgan fingerprint density at radius 3 is 2.92 bits per heavy atom. The van der Waals surface area contributed by atoms with Gasteiger partial charge in [0.15, 0.2) is 0 Å². The van der Waals surface area contributed by atoms with Gasteiger partial charge in [-0.1, -0.05) is 12.1 Å². The lowest BCUT2D eigenvalue weighted by Crippen LogP contribution is -1.88. The van der Waals surface area contributed by atoms with E-state index in [1.807, 2.05) is 29.6 Å². The molecule has 0 aliphatic carbocycles. The van der Waals surface area contributed by atoms with Gasteiger partial charge in [0.25, 0.3) is 0 Å². The molecule has 0 atom stereocenters. The third kappa shape index (κ3) is 1.91. The van der Waals surface area contributed by atoms with Crippen LogP contribution in [0.15, 0.2) is 58.5 Å². The van der Waals surface area contributed by atoms with Crippen molar-refractivity contribution in [1.82, 2.24) is 4.98 Å². The zero-order chi connectivity index (χ0) is 21.3. The fourth-order valence-electron chi connectivity index (χ4n) is 3.06. The summed E-state index contributed by atoms with van der Waals surface area (Å²) >= 11 is 1.65. The highest BCUT2D eigenvalue weighted by Crippen LogP contribution is 2.38. The van der Waals surface area contributed by atoms with Crippen molar-refractivity contribution in [3.8, 4) is 11.3 Å². The second kappa shape index (κ2) is 4.92. The lowest BCUT2D eigenvalue weighted by atomic mass is 10.0. The van der Waals surface area contributed by atoms with Crippen molar-refractivity contribution in [2.24, 2.45) is 0 Å². The van der Waals surface area contributed by atoms with Gasteiger partial charge >= 0.3 is 0 Å². The van der Waals surface area contributed by atoms with Crippen LogP contribution in [-0.2, 0) is 0 Å². The first-order valence-corrected chi connectivity index (χ1v) is 8.35. The minimum atomic E-state index is -2.58. The topological polar surface area (TPSA) is 26.0 Å². The van der Waals surface area contributed by atoms with Crippen molar-refractivity contribution in [2.45, 2.75) is 13.7 Å². The number of hydrogen-bond donors (Lipinski definition) is 0. The molecule has 3 heterocycles. The highest BCUT2D eigenvalue weighted by molar-refractivity contribution is 7.17. The van der Waals surface area contributed by atoms with E-state index in [4.69, 9.17) is 12.6 Å². The lowest BCUT2D eigenvalue weighted by molar-refractivity contribution is 0.670. The van der Waals surface area contributed by atoms with Crippen LogP contribution in [0.25, 0.3) is 43.3 Å². The second-order valence-electron chi connectivity index (χ2n) is 5.71. The third-order valence-corrected chi connectivity index (χ3v) is 5.13. The number of thiophene rings is 1. The van der Waals surface area contributed by atoms with Crippen molar-refractivity contribution in [3.63, 3.8) is 0 Å². The first-order valence-electron chi connectivity index (χ1n) is 10.5. The Hall–Kier alpha value is -2.65. The van der Waals surface area contributed by atoms with Crippen LogP contribution in [0.4, 0.5) is 0 Å². The molecule has 24 heavy (non-hydrogen) atoms. The molecular weight excluding hydrogens is 314 g/mol. The maximum absolute atomic E-state index is 7.80. The Balaban J connectivity index is 1.78. The maximum atomic E-state index is 7.80. The number of nitrogens with zero attached hydrogens (tertiary/aromatic N) is 1. The monoisotopic (exact) mass is 335 g/mol. The smallest absolute Gasteiger partial charge is 0.144 e. The van der Waals surface area contributed by atoms with E-state index < -0.39 is 13.7 Å². The fourth-order valence-corrected chi connectivity index (χ4v) is 3.87. The van der Waals surface area contributed by atoms with Gasteiger partial charge in [0.1, 0.15) is 11.2 Å². The Morgan fingerprint density at radius 1 is 1.04 bits per heavy atom. The zero-order valence-corrected chi connectivity index (χ0v) is 13.3. The molecule has 3 heteroatoms. The van der Waals surface area contributed by atoms with Crippen LogP contribution >= 0.6 is 11.3 Å². The summed E-state index contributed by atoms with van der Waals surface area (Å²) in [4.78, 5) is 4.29. The summed E-state index contributed by atoms with van der Waals surface area (Å²) in [5.74, 6) is 0. The van der Waals surface area contributed by atoms with Crippen molar-refractivity contribution < 1.29 is 12.6 Å². The van der Waals surface area contributed by atoms with Gasteiger partial charge in [-0.05, 0) is 65.9 Å². The number of para-hydroxylation sites is 1. The minimum Gasteiger partial charge on any atom is -0.455 e. The summed E-state index contributed by atoms with van der Waals surface area (Å²) in [7, 11) is 0. The van der Waals surface area contributed by atoms with Crippen LogP contribution in [0.1, 0.15) is 19.4 Å². The number of pyridine rings is 1. The van der Waals surface area contributed by atoms with Crippen LogP contribution in [0, 0.1) is 13.7 Å². The van der Waals surface area contributed by atoms with E-state index in [0.29, 0.717) is 16.8 Å². The number of fused-ring (bicyclic) bond motifs is 4. The quantitative estimate of drug-likeness (QED) is 0.350. The molecule has 0 amide bonds. The SMILES string of the molecule is [2H]C([2H])([2H])c1cnc(-c2cccc3c2oc2cc4ccsc4cc23)cc1C([2H])([2H])[2H]. The van der Waals surface area contributed by atoms with Gasteiger partial charge in [0.05, 0.1) is 5.69 Å². The van der Waals surface area contributed by atoms with E-state index in [1.165, 1.54) is 6.07 Å². The molecule has 116 valence electrons. The molecule has 0 aliphatic heterocycles. The first-order chi connectivity index (χ1) is 14.1. The second-order valence-corrected chi connectivity index (χ2v) is 6.65. The van der Waals surface area contributed by atoms with Gasteiger partial charge in [-0.25, -0.2) is 0 Å². The van der Waals surface area contributed by atoms with Gasteiger partial charge < -0.3 is 4.42 Å². The standard InChI is InChI=1S/C21H15NOS/c1-12-8-18(22-11-13(12)2)16-5-3-4-15-17-10-20-14(6-7-24-20)9-19(17)23-21(15)16/h3-11H,1-2H3/i1D3,2D3. The summed E-state index contributed by atoms with van der Waals surface area (Å²) in [5.41, 5.74) is 1.83. The van der Waals surface area contributed by atoms with Gasteiger partial charge in [-0.3, -0.25) is 4.98 Å². The highest BCUT2D eigenvalue weighted by atomic mass is 32.1. The third-order valence-electron chi connectivity index (χ3n) is 4.25. The van der Waals surface area contributed by atoms with E-state index in [0.717, 1.165) is 32.6 Å². The summed E-state index contributed by atoms with van der Waals surface area (Å²) < 4.78 is 53.7. The van der Waals surface area contributed by atoms with Crippen LogP contribution in [-0.4, -0.2) is 4.98 Å². The van der Waals surface area contributed by atoms with Crippen molar-refractivity contribution in [1.29, 1.82) is 0 Å². The lowest BCUT2D eigenvalue weighted by Gasteiger charge is -2.05. The molecular formula is C21H15NOS. The molecule has 0 fully saturated rings. The molecule has 2 aromatic carbocycles. The number of aryl methyl sites for hydroxylation is 2. The summed E-state index contributed by atoms with van der Waals surface area (Å²) in [5, 5.41) is 4.99. The molecule has 0 bridgehead atoms. The molecule has 0 saturated carbocycles. The molecule has 0 unspecified atom stereocenters. The molecule has 0 N–H and O–H groups in total. The molecule has 0 radical (unpaired) electrons. The van der Waals surface area contributed by atoms with Gasteiger partial charge in [0.2, 0.25) is 0 Å². The van der Waals surface area contributed by atoms with Crippen molar-refractivity contribution in [3.05, 3.63) is 65.2 Å². The van der Waals surface area contributed by atoms with Crippen LogP contribution < -0.4 is 0 Å². The maximum Gasteiger partial charge on any atom is 0.144 e. The fraction of sp³-hybridized carbons (Fsp3) is 0.0952. The molecule has 5 rings (SSSR count). The molecule has 0 saturated heterocycles. The summed E-state index contributed by atoms with van der Waals surface area (Å²) in [6.07, 6.45) is 1.14. The average Bonchev–Trinajstić information content (AvgIpc) is 3.27. The number of hydrogen-bond acceptors (Lipinski definition) is 3. The Morgan fingerprint density at radius 2 is 2.00 bits per heavy atom. The van der Waals surface area contributed by atoms with E-state index >= 15 is 0 Å². The zero-order valence-electron chi connectivity index (χ0n) is 18.5. The Bertz CT molecular complexity index is 1430. The van der Waals surface area contributed by atoms with E-state index in [-0.39, 0.29) is 11.1 Å². The number of rotatable bonds is 1. The first kappa shape index (κ1) is 9.00. The van der Waals surface area contributed by atoms with Gasteiger partial charge in [-0.15, -0.1) is 11.3 Å². The predicted octanol–water partition coefficient (Wildman–Crippen LogP) is 6.48. The average molecular weight is 335 g/mol. The minimum absolute atomic E-state index is 0.221. The van der Waals surface area contributed by atoms with Gasteiger partial charge in [-0.2, -0.15) is 0 Å². The Kier molecular flexibility index (Phi) is 1.84. The highest BCUT2D eigenvalue weighted by Gasteiger charge is 2.14.